The van der Waals surface area contributed by atoms with E-state index in [1.54, 1.807) is 24.3 Å². The number of hydrogen-bond acceptors (Lipinski definition) is 4. The lowest BCUT2D eigenvalue weighted by atomic mass is 10.1. The summed E-state index contributed by atoms with van der Waals surface area (Å²) in [6.45, 7) is 1.47. The summed E-state index contributed by atoms with van der Waals surface area (Å²) in [5, 5.41) is 30.2. The summed E-state index contributed by atoms with van der Waals surface area (Å²) in [6.07, 6.45) is 0. The van der Waals surface area contributed by atoms with Crippen LogP contribution in [0.25, 0.3) is 5.69 Å². The first-order chi connectivity index (χ1) is 9.45. The fraction of sp³-hybridized carbons (Fsp3) is 0.0769. The molecule has 2 aromatic rings. The van der Waals surface area contributed by atoms with Gasteiger partial charge in [-0.2, -0.15) is 10.4 Å². The minimum atomic E-state index is -1.23. The second kappa shape index (κ2) is 5.27. The Hall–Kier alpha value is -2.46. The van der Waals surface area contributed by atoms with Crippen LogP contribution in [-0.4, -0.2) is 20.9 Å². The van der Waals surface area contributed by atoms with Crippen molar-refractivity contribution in [2.75, 3.05) is 0 Å². The van der Waals surface area contributed by atoms with Gasteiger partial charge < -0.3 is 5.11 Å². The molecule has 0 spiro atoms. The van der Waals surface area contributed by atoms with Crippen molar-refractivity contribution < 1.29 is 9.90 Å². The number of carboxylic acid groups (broad SMARTS) is 1. The highest BCUT2D eigenvalue weighted by Crippen LogP contribution is 2.14. The van der Waals surface area contributed by atoms with E-state index in [9.17, 15) is 4.79 Å². The Morgan fingerprint density at radius 3 is 2.55 bits per heavy atom. The number of carboxylic acids is 1. The van der Waals surface area contributed by atoms with E-state index < -0.39 is 5.97 Å². The number of nitrogens with one attached hydrogen (secondary N) is 1. The summed E-state index contributed by atoms with van der Waals surface area (Å²) in [5.74, 6) is -1.23. The molecular formula is C13H9BrN4O2. The number of nitrogens with zero attached hydrogens (tertiary/aromatic N) is 3. The number of aromatic nitrogens is 2. The van der Waals surface area contributed by atoms with Crippen molar-refractivity contribution in [3.63, 3.8) is 0 Å². The average Bonchev–Trinajstić information content (AvgIpc) is 2.40. The number of hydrogen-bond donors (Lipinski definition) is 2. The second-order valence-corrected chi connectivity index (χ2v) is 4.92. The third kappa shape index (κ3) is 2.33. The van der Waals surface area contributed by atoms with Gasteiger partial charge in [0.05, 0.1) is 5.69 Å². The van der Waals surface area contributed by atoms with Crippen molar-refractivity contribution in [1.29, 1.82) is 10.7 Å². The Kier molecular flexibility index (Phi) is 3.68. The van der Waals surface area contributed by atoms with Gasteiger partial charge in [-0.25, -0.2) is 9.48 Å². The number of benzene rings is 1. The maximum absolute atomic E-state index is 11.2. The third-order valence-corrected chi connectivity index (χ3v) is 3.29. The van der Waals surface area contributed by atoms with Crippen LogP contribution in [0.3, 0.4) is 0 Å². The van der Waals surface area contributed by atoms with Crippen LogP contribution >= 0.6 is 15.9 Å². The van der Waals surface area contributed by atoms with Gasteiger partial charge in [-0.3, -0.25) is 5.41 Å². The van der Waals surface area contributed by atoms with E-state index in [0.717, 1.165) is 9.15 Å². The van der Waals surface area contributed by atoms with Gasteiger partial charge in [0.25, 0.3) is 0 Å². The van der Waals surface area contributed by atoms with Crippen molar-refractivity contribution in [2.45, 2.75) is 6.92 Å². The van der Waals surface area contributed by atoms with Gasteiger partial charge in [0.1, 0.15) is 11.6 Å². The fourth-order valence-corrected chi connectivity index (χ4v) is 2.00. The molecule has 0 bridgehead atoms. The molecule has 0 radical (unpaired) electrons. The Morgan fingerprint density at radius 1 is 1.45 bits per heavy atom. The topological polar surface area (TPSA) is 103 Å². The lowest BCUT2D eigenvalue weighted by Gasteiger charge is -2.10. The zero-order chi connectivity index (χ0) is 14.9. The summed E-state index contributed by atoms with van der Waals surface area (Å²) >= 11 is 3.29. The number of aromatic carboxylic acids is 1. The van der Waals surface area contributed by atoms with E-state index in [0.29, 0.717) is 5.69 Å². The average molecular weight is 333 g/mol. The first-order valence-corrected chi connectivity index (χ1v) is 6.33. The van der Waals surface area contributed by atoms with Gasteiger partial charge in [-0.1, -0.05) is 15.9 Å². The molecule has 1 heterocycles. The Morgan fingerprint density at radius 2 is 2.05 bits per heavy atom. The third-order valence-electron chi connectivity index (χ3n) is 2.76. The van der Waals surface area contributed by atoms with Crippen molar-refractivity contribution in [3.05, 3.63) is 51.0 Å². The van der Waals surface area contributed by atoms with Gasteiger partial charge >= 0.3 is 5.97 Å². The molecule has 2 rings (SSSR count). The molecule has 0 unspecified atom stereocenters. The molecule has 0 amide bonds. The van der Waals surface area contributed by atoms with E-state index in [-0.39, 0.29) is 22.3 Å². The smallest absolute Gasteiger partial charge is 0.356 e. The molecule has 0 atom stereocenters. The highest BCUT2D eigenvalue weighted by atomic mass is 79.9. The van der Waals surface area contributed by atoms with Gasteiger partial charge in [-0.15, -0.1) is 0 Å². The largest absolute Gasteiger partial charge is 0.476 e. The van der Waals surface area contributed by atoms with Gasteiger partial charge in [0.15, 0.2) is 11.2 Å². The quantitative estimate of drug-likeness (QED) is 0.877. The molecule has 7 heteroatoms. The zero-order valence-electron chi connectivity index (χ0n) is 10.4. The van der Waals surface area contributed by atoms with Crippen molar-refractivity contribution in [1.82, 2.24) is 9.78 Å². The zero-order valence-corrected chi connectivity index (χ0v) is 12.0. The predicted octanol–water partition coefficient (Wildman–Crippen LogP) is 1.99. The molecule has 1 aromatic heterocycles. The van der Waals surface area contributed by atoms with Gasteiger partial charge in [0, 0.05) is 10.0 Å². The maximum atomic E-state index is 11.2. The Labute approximate surface area is 122 Å². The summed E-state index contributed by atoms with van der Waals surface area (Å²) in [6, 6.07) is 8.71. The standard InChI is InChI=1S/C13H9BrN4O2/c1-7-10(6-15)12(16)18(17-11(7)13(19)20)9-4-2-8(14)3-5-9/h2-5,16H,1H3,(H,19,20). The first kappa shape index (κ1) is 14.0. The minimum absolute atomic E-state index is 0.000295. The summed E-state index contributed by atoms with van der Waals surface area (Å²) in [5.41, 5.74) is 0.327. The van der Waals surface area contributed by atoms with Crippen LogP contribution in [0.4, 0.5) is 0 Å². The Bertz CT molecular complexity index is 788. The van der Waals surface area contributed by atoms with Crippen LogP contribution in [0.5, 0.6) is 0 Å². The van der Waals surface area contributed by atoms with E-state index in [2.05, 4.69) is 21.0 Å². The van der Waals surface area contributed by atoms with Crippen molar-refractivity contribution >= 4 is 21.9 Å². The monoisotopic (exact) mass is 332 g/mol. The minimum Gasteiger partial charge on any atom is -0.476 e. The van der Waals surface area contributed by atoms with Crippen LogP contribution in [0.2, 0.25) is 0 Å². The highest BCUT2D eigenvalue weighted by molar-refractivity contribution is 9.10. The molecule has 0 aliphatic rings. The molecule has 0 fully saturated rings. The first-order valence-electron chi connectivity index (χ1n) is 5.53. The number of halogens is 1. The van der Waals surface area contributed by atoms with Crippen LogP contribution in [0.1, 0.15) is 21.6 Å². The number of carbonyl (C=O) groups is 1. The van der Waals surface area contributed by atoms with E-state index in [4.69, 9.17) is 15.8 Å². The van der Waals surface area contributed by atoms with Crippen molar-refractivity contribution in [3.8, 4) is 11.8 Å². The number of rotatable bonds is 2. The SMILES string of the molecule is Cc1c(C(=O)O)nn(-c2ccc(Br)cc2)c(=N)c1C#N. The molecule has 0 saturated heterocycles. The highest BCUT2D eigenvalue weighted by Gasteiger charge is 2.17. The van der Waals surface area contributed by atoms with Crippen LogP contribution in [-0.2, 0) is 0 Å². The fourth-order valence-electron chi connectivity index (χ4n) is 1.74. The lowest BCUT2D eigenvalue weighted by molar-refractivity contribution is 0.0687. The van der Waals surface area contributed by atoms with E-state index in [1.165, 1.54) is 6.92 Å². The van der Waals surface area contributed by atoms with Crippen LogP contribution in [0, 0.1) is 23.7 Å². The van der Waals surface area contributed by atoms with Crippen LogP contribution < -0.4 is 5.49 Å². The molecule has 0 saturated carbocycles. The van der Waals surface area contributed by atoms with Crippen molar-refractivity contribution in [2.24, 2.45) is 0 Å². The second-order valence-electron chi connectivity index (χ2n) is 4.00. The molecule has 20 heavy (non-hydrogen) atoms. The summed E-state index contributed by atoms with van der Waals surface area (Å²) < 4.78 is 1.99. The molecule has 0 aliphatic heterocycles. The predicted molar refractivity (Wildman–Crippen MR) is 73.5 cm³/mol. The molecule has 100 valence electrons. The molecule has 0 aliphatic carbocycles. The maximum Gasteiger partial charge on any atom is 0.356 e. The van der Waals surface area contributed by atoms with E-state index in [1.807, 2.05) is 6.07 Å². The van der Waals surface area contributed by atoms with E-state index >= 15 is 0 Å². The summed E-state index contributed by atoms with van der Waals surface area (Å²) in [4.78, 5) is 11.2. The molecule has 1 aromatic carbocycles. The lowest BCUT2D eigenvalue weighted by Crippen LogP contribution is -2.28. The molecular weight excluding hydrogens is 324 g/mol. The normalized spacial score (nSPS) is 10.1. The molecule has 2 N–H and O–H groups in total. The number of nitriles is 1. The van der Waals surface area contributed by atoms with Gasteiger partial charge in [0.2, 0.25) is 0 Å². The Balaban J connectivity index is 2.81. The van der Waals surface area contributed by atoms with Gasteiger partial charge in [-0.05, 0) is 31.2 Å². The molecule has 6 nitrogen and oxygen atoms in total. The summed E-state index contributed by atoms with van der Waals surface area (Å²) in [7, 11) is 0. The van der Waals surface area contributed by atoms with Crippen LogP contribution in [0.15, 0.2) is 28.7 Å².